The molecule has 4 rings (SSSR count). The molecule has 7 heteroatoms. The first-order valence-electron chi connectivity index (χ1n) is 10.5. The van der Waals surface area contributed by atoms with Gasteiger partial charge >= 0.3 is 0 Å². The minimum atomic E-state index is 0.0407. The number of anilines is 1. The van der Waals surface area contributed by atoms with Crippen molar-refractivity contribution >= 4 is 22.6 Å². The molecule has 0 unspecified atom stereocenters. The summed E-state index contributed by atoms with van der Waals surface area (Å²) in [5, 5.41) is 3.00. The number of hydrogen-bond donors (Lipinski definition) is 2. The van der Waals surface area contributed by atoms with Crippen LogP contribution in [0.2, 0.25) is 0 Å². The highest BCUT2D eigenvalue weighted by molar-refractivity contribution is 5.92. The number of methoxy groups -OCH3 is 1. The highest BCUT2D eigenvalue weighted by atomic mass is 16.5. The van der Waals surface area contributed by atoms with Crippen LogP contribution in [0.25, 0.3) is 11.0 Å². The molecule has 1 saturated heterocycles. The summed E-state index contributed by atoms with van der Waals surface area (Å²) in [6, 6.07) is 13.9. The minimum Gasteiger partial charge on any atom is -0.497 e. The number of carbonyl (C=O) groups is 1. The van der Waals surface area contributed by atoms with E-state index in [9.17, 15) is 4.79 Å². The molecule has 3 aromatic rings. The van der Waals surface area contributed by atoms with Crippen molar-refractivity contribution in [3.63, 3.8) is 0 Å². The van der Waals surface area contributed by atoms with Gasteiger partial charge in [-0.05, 0) is 36.2 Å². The van der Waals surface area contributed by atoms with Crippen molar-refractivity contribution in [1.82, 2.24) is 19.8 Å². The molecular formula is C23H29N5O2. The maximum absolute atomic E-state index is 12.4. The Morgan fingerprint density at radius 1 is 1.10 bits per heavy atom. The average Bonchev–Trinajstić information content (AvgIpc) is 3.17. The van der Waals surface area contributed by atoms with Gasteiger partial charge in [0.15, 0.2) is 0 Å². The summed E-state index contributed by atoms with van der Waals surface area (Å²) in [5.74, 6) is 1.82. The van der Waals surface area contributed by atoms with Crippen molar-refractivity contribution in [2.75, 3.05) is 45.2 Å². The van der Waals surface area contributed by atoms with Crippen LogP contribution in [0, 0.1) is 0 Å². The summed E-state index contributed by atoms with van der Waals surface area (Å²) >= 11 is 0. The maximum atomic E-state index is 12.4. The zero-order valence-corrected chi connectivity index (χ0v) is 17.6. The van der Waals surface area contributed by atoms with E-state index in [4.69, 9.17) is 4.74 Å². The van der Waals surface area contributed by atoms with Gasteiger partial charge in [-0.15, -0.1) is 0 Å². The number of nitrogens with one attached hydrogen (secondary N) is 2. The van der Waals surface area contributed by atoms with Crippen LogP contribution in [0.1, 0.15) is 18.3 Å². The van der Waals surface area contributed by atoms with Crippen LogP contribution in [0.3, 0.4) is 0 Å². The van der Waals surface area contributed by atoms with Gasteiger partial charge in [0.25, 0.3) is 0 Å². The Morgan fingerprint density at radius 3 is 2.53 bits per heavy atom. The van der Waals surface area contributed by atoms with Gasteiger partial charge in [0.1, 0.15) is 11.6 Å². The SMILES string of the molecule is CCc1ccc(NC(=O)CN2CCN(Cc3nc4ccc(OC)cc4[nH]3)CC2)cc1. The third-order valence-electron chi connectivity index (χ3n) is 5.59. The molecule has 7 nitrogen and oxygen atoms in total. The van der Waals surface area contributed by atoms with E-state index in [2.05, 4.69) is 44.1 Å². The van der Waals surface area contributed by atoms with Gasteiger partial charge in [0.05, 0.1) is 31.2 Å². The number of rotatable bonds is 7. The van der Waals surface area contributed by atoms with E-state index in [1.54, 1.807) is 7.11 Å². The smallest absolute Gasteiger partial charge is 0.238 e. The van der Waals surface area contributed by atoms with E-state index in [0.29, 0.717) is 6.54 Å². The van der Waals surface area contributed by atoms with Crippen LogP contribution in [-0.4, -0.2) is 65.5 Å². The first-order chi connectivity index (χ1) is 14.6. The number of aromatic nitrogens is 2. The number of nitrogens with zero attached hydrogens (tertiary/aromatic N) is 3. The first kappa shape index (κ1) is 20.4. The Kier molecular flexibility index (Phi) is 6.30. The summed E-state index contributed by atoms with van der Waals surface area (Å²) in [6.45, 7) is 6.90. The number of carbonyl (C=O) groups excluding carboxylic acids is 1. The van der Waals surface area contributed by atoms with E-state index in [-0.39, 0.29) is 5.91 Å². The van der Waals surface area contributed by atoms with Gasteiger partial charge in [-0.25, -0.2) is 4.98 Å². The second kappa shape index (κ2) is 9.28. The van der Waals surface area contributed by atoms with Crippen LogP contribution >= 0.6 is 0 Å². The van der Waals surface area contributed by atoms with Gasteiger partial charge in [-0.1, -0.05) is 19.1 Å². The lowest BCUT2D eigenvalue weighted by atomic mass is 10.1. The van der Waals surface area contributed by atoms with E-state index in [0.717, 1.165) is 67.4 Å². The Hall–Kier alpha value is -2.90. The number of benzene rings is 2. The molecule has 1 aliphatic rings. The fourth-order valence-electron chi connectivity index (χ4n) is 3.79. The molecule has 0 aliphatic carbocycles. The lowest BCUT2D eigenvalue weighted by molar-refractivity contribution is -0.117. The Labute approximate surface area is 177 Å². The summed E-state index contributed by atoms with van der Waals surface area (Å²) < 4.78 is 5.28. The maximum Gasteiger partial charge on any atom is 0.238 e. The van der Waals surface area contributed by atoms with Gasteiger partial charge in [0, 0.05) is 37.9 Å². The van der Waals surface area contributed by atoms with Gasteiger partial charge < -0.3 is 15.0 Å². The number of hydrogen-bond acceptors (Lipinski definition) is 5. The average molecular weight is 408 g/mol. The van der Waals surface area contributed by atoms with Crippen molar-refractivity contribution in [2.24, 2.45) is 0 Å². The van der Waals surface area contributed by atoms with Crippen molar-refractivity contribution in [3.8, 4) is 5.75 Å². The summed E-state index contributed by atoms with van der Waals surface area (Å²) in [7, 11) is 1.67. The molecule has 0 spiro atoms. The van der Waals surface area contributed by atoms with Crippen LogP contribution in [0.4, 0.5) is 5.69 Å². The van der Waals surface area contributed by atoms with Crippen molar-refractivity contribution < 1.29 is 9.53 Å². The zero-order valence-electron chi connectivity index (χ0n) is 17.6. The predicted molar refractivity (Wildman–Crippen MR) is 119 cm³/mol. The van der Waals surface area contributed by atoms with E-state index in [1.807, 2.05) is 30.3 Å². The lowest BCUT2D eigenvalue weighted by Crippen LogP contribution is -2.48. The summed E-state index contributed by atoms with van der Waals surface area (Å²) in [6.07, 6.45) is 1.00. The number of imidazole rings is 1. The topological polar surface area (TPSA) is 73.5 Å². The molecule has 1 aliphatic heterocycles. The first-order valence-corrected chi connectivity index (χ1v) is 10.5. The number of ether oxygens (including phenoxy) is 1. The minimum absolute atomic E-state index is 0.0407. The van der Waals surface area contributed by atoms with Crippen LogP contribution in [0.5, 0.6) is 5.75 Å². The molecule has 1 amide bonds. The molecule has 2 N–H and O–H groups in total. The molecule has 0 atom stereocenters. The standard InChI is InChI=1S/C23H29N5O2/c1-3-17-4-6-18(7-5-17)24-23(29)16-28-12-10-27(11-13-28)15-22-25-20-9-8-19(30-2)14-21(20)26-22/h4-9,14H,3,10-13,15-16H2,1-2H3,(H,24,29)(H,25,26). The third kappa shape index (κ3) is 4.98. The van der Waals surface area contributed by atoms with Crippen LogP contribution in [0.15, 0.2) is 42.5 Å². The fraction of sp³-hybridized carbons (Fsp3) is 0.391. The highest BCUT2D eigenvalue weighted by Gasteiger charge is 2.20. The molecule has 1 fully saturated rings. The molecule has 0 bridgehead atoms. The molecule has 0 radical (unpaired) electrons. The van der Waals surface area contributed by atoms with Gasteiger partial charge in [-0.3, -0.25) is 14.6 Å². The molecule has 158 valence electrons. The molecular weight excluding hydrogens is 378 g/mol. The zero-order chi connectivity index (χ0) is 20.9. The van der Waals surface area contributed by atoms with Gasteiger partial charge in [0.2, 0.25) is 5.91 Å². The van der Waals surface area contributed by atoms with Crippen molar-refractivity contribution in [2.45, 2.75) is 19.9 Å². The Bertz CT molecular complexity index is 991. The summed E-state index contributed by atoms with van der Waals surface area (Å²) in [5.41, 5.74) is 4.07. The van der Waals surface area contributed by atoms with E-state index >= 15 is 0 Å². The largest absolute Gasteiger partial charge is 0.497 e. The van der Waals surface area contributed by atoms with Crippen LogP contribution in [-0.2, 0) is 17.8 Å². The third-order valence-corrected chi connectivity index (χ3v) is 5.59. The number of aromatic amines is 1. The Balaban J connectivity index is 1.25. The highest BCUT2D eigenvalue weighted by Crippen LogP contribution is 2.19. The number of piperazine rings is 1. The molecule has 1 aromatic heterocycles. The fourth-order valence-corrected chi connectivity index (χ4v) is 3.79. The molecule has 2 aromatic carbocycles. The lowest BCUT2D eigenvalue weighted by Gasteiger charge is -2.33. The van der Waals surface area contributed by atoms with Crippen molar-refractivity contribution in [1.29, 1.82) is 0 Å². The Morgan fingerprint density at radius 2 is 1.83 bits per heavy atom. The quantitative estimate of drug-likeness (QED) is 0.630. The second-order valence-electron chi connectivity index (χ2n) is 7.72. The predicted octanol–water partition coefficient (Wildman–Crippen LogP) is 2.89. The van der Waals surface area contributed by atoms with E-state index < -0.39 is 0 Å². The number of aryl methyl sites for hydroxylation is 1. The van der Waals surface area contributed by atoms with Crippen LogP contribution < -0.4 is 10.1 Å². The second-order valence-corrected chi connectivity index (χ2v) is 7.72. The number of fused-ring (bicyclic) bond motifs is 1. The summed E-state index contributed by atoms with van der Waals surface area (Å²) in [4.78, 5) is 25.0. The number of H-pyrrole nitrogens is 1. The van der Waals surface area contributed by atoms with E-state index in [1.165, 1.54) is 5.56 Å². The van der Waals surface area contributed by atoms with Gasteiger partial charge in [-0.2, -0.15) is 0 Å². The molecule has 2 heterocycles. The molecule has 0 saturated carbocycles. The molecule has 30 heavy (non-hydrogen) atoms. The normalized spacial score (nSPS) is 15.4. The van der Waals surface area contributed by atoms with Crippen molar-refractivity contribution in [3.05, 3.63) is 53.9 Å². The monoisotopic (exact) mass is 407 g/mol. The number of amides is 1.